The summed E-state index contributed by atoms with van der Waals surface area (Å²) in [6.07, 6.45) is 3.61. The van der Waals surface area contributed by atoms with Gasteiger partial charge in [-0.15, -0.1) is 0 Å². The first kappa shape index (κ1) is 11.6. The van der Waals surface area contributed by atoms with Crippen molar-refractivity contribution in [1.29, 1.82) is 0 Å². The number of methoxy groups -OCH3 is 1. The number of hydrogen-bond donors (Lipinski definition) is 1. The number of ether oxygens (including phenoxy) is 1. The quantitative estimate of drug-likeness (QED) is 0.854. The molecule has 0 bridgehead atoms. The Morgan fingerprint density at radius 1 is 1.12 bits per heavy atom. The molecule has 3 nitrogen and oxygen atoms in total. The number of nitrogens with zero attached hydrogens (tertiary/aromatic N) is 1. The molecule has 0 aliphatic rings. The van der Waals surface area contributed by atoms with E-state index in [2.05, 4.69) is 22.4 Å². The third-order valence-electron chi connectivity index (χ3n) is 2.55. The van der Waals surface area contributed by atoms with E-state index in [0.717, 1.165) is 12.2 Å². The van der Waals surface area contributed by atoms with Crippen LogP contribution in [-0.2, 0) is 17.9 Å². The zero-order chi connectivity index (χ0) is 11.9. The Morgan fingerprint density at radius 2 is 1.88 bits per heavy atom. The summed E-state index contributed by atoms with van der Waals surface area (Å²) >= 11 is 0. The molecule has 0 spiro atoms. The van der Waals surface area contributed by atoms with Gasteiger partial charge in [0.15, 0.2) is 0 Å². The van der Waals surface area contributed by atoms with Gasteiger partial charge in [-0.2, -0.15) is 0 Å². The smallest absolute Gasteiger partial charge is 0.0733 e. The minimum Gasteiger partial charge on any atom is -0.381 e. The molecule has 3 heteroatoms. The average Bonchev–Trinajstić information content (AvgIpc) is 2.39. The molecule has 2 rings (SSSR count). The molecule has 0 atom stereocenters. The van der Waals surface area contributed by atoms with Crippen LogP contribution >= 0.6 is 0 Å². The van der Waals surface area contributed by atoms with Crippen LogP contribution in [0.1, 0.15) is 11.1 Å². The zero-order valence-corrected chi connectivity index (χ0v) is 9.89. The zero-order valence-electron chi connectivity index (χ0n) is 9.89. The van der Waals surface area contributed by atoms with Crippen LogP contribution in [0.15, 0.2) is 48.8 Å². The molecule has 0 fully saturated rings. The van der Waals surface area contributed by atoms with Crippen LogP contribution in [0.4, 0.5) is 5.69 Å². The summed E-state index contributed by atoms with van der Waals surface area (Å²) in [6, 6.07) is 12.2. The van der Waals surface area contributed by atoms with E-state index in [-0.39, 0.29) is 0 Å². The topological polar surface area (TPSA) is 34.1 Å². The number of benzene rings is 1. The number of pyridine rings is 1. The molecule has 17 heavy (non-hydrogen) atoms. The molecule has 2 aromatic rings. The molecule has 88 valence electrons. The van der Waals surface area contributed by atoms with Crippen LogP contribution in [0.2, 0.25) is 0 Å². The van der Waals surface area contributed by atoms with Gasteiger partial charge in [-0.1, -0.05) is 18.2 Å². The number of para-hydroxylation sites is 1. The Hall–Kier alpha value is -1.87. The summed E-state index contributed by atoms with van der Waals surface area (Å²) in [5.41, 5.74) is 3.50. The third-order valence-corrected chi connectivity index (χ3v) is 2.55. The molecule has 1 heterocycles. The van der Waals surface area contributed by atoms with Gasteiger partial charge in [0.2, 0.25) is 0 Å². The summed E-state index contributed by atoms with van der Waals surface area (Å²) in [5.74, 6) is 0. The maximum Gasteiger partial charge on any atom is 0.0733 e. The largest absolute Gasteiger partial charge is 0.381 e. The van der Waals surface area contributed by atoms with E-state index in [9.17, 15) is 0 Å². The molecule has 1 N–H and O–H groups in total. The lowest BCUT2D eigenvalue weighted by Gasteiger charge is -2.11. The number of nitrogens with one attached hydrogen (secondary N) is 1. The van der Waals surface area contributed by atoms with E-state index in [1.165, 1.54) is 11.1 Å². The monoisotopic (exact) mass is 228 g/mol. The Morgan fingerprint density at radius 3 is 2.65 bits per heavy atom. The highest BCUT2D eigenvalue weighted by molar-refractivity contribution is 5.51. The Bertz CT molecular complexity index is 457. The summed E-state index contributed by atoms with van der Waals surface area (Å²) in [4.78, 5) is 4.00. The molecule has 0 radical (unpaired) electrons. The van der Waals surface area contributed by atoms with E-state index in [1.807, 2.05) is 24.3 Å². The van der Waals surface area contributed by atoms with E-state index in [0.29, 0.717) is 6.61 Å². The van der Waals surface area contributed by atoms with Crippen molar-refractivity contribution in [1.82, 2.24) is 4.98 Å². The van der Waals surface area contributed by atoms with Crippen molar-refractivity contribution in [2.75, 3.05) is 12.4 Å². The van der Waals surface area contributed by atoms with E-state index >= 15 is 0 Å². The number of rotatable bonds is 5. The molecule has 0 aliphatic heterocycles. The molecule has 0 saturated carbocycles. The molecule has 0 amide bonds. The van der Waals surface area contributed by atoms with Crippen LogP contribution in [0.25, 0.3) is 0 Å². The summed E-state index contributed by atoms with van der Waals surface area (Å²) in [7, 11) is 1.71. The number of anilines is 1. The van der Waals surface area contributed by atoms with E-state index in [1.54, 1.807) is 19.5 Å². The first-order valence-corrected chi connectivity index (χ1v) is 5.60. The van der Waals surface area contributed by atoms with Gasteiger partial charge in [0.05, 0.1) is 6.61 Å². The molecular formula is C14H16N2O. The van der Waals surface area contributed by atoms with Gasteiger partial charge >= 0.3 is 0 Å². The van der Waals surface area contributed by atoms with E-state index in [4.69, 9.17) is 4.74 Å². The highest BCUT2D eigenvalue weighted by atomic mass is 16.5. The Kier molecular flexibility index (Phi) is 4.11. The van der Waals surface area contributed by atoms with Gasteiger partial charge in [-0.3, -0.25) is 4.98 Å². The molecule has 0 saturated heterocycles. The number of hydrogen-bond acceptors (Lipinski definition) is 3. The molecular weight excluding hydrogens is 212 g/mol. The van der Waals surface area contributed by atoms with Crippen molar-refractivity contribution in [3.8, 4) is 0 Å². The highest BCUT2D eigenvalue weighted by Crippen LogP contribution is 2.16. The lowest BCUT2D eigenvalue weighted by Crippen LogP contribution is -2.02. The molecule has 0 aliphatic carbocycles. The minimum atomic E-state index is 0.625. The Labute approximate surface area is 101 Å². The fraction of sp³-hybridized carbons (Fsp3) is 0.214. The first-order chi connectivity index (χ1) is 8.40. The van der Waals surface area contributed by atoms with Crippen LogP contribution in [0, 0.1) is 0 Å². The lowest BCUT2D eigenvalue weighted by atomic mass is 10.2. The summed E-state index contributed by atoms with van der Waals surface area (Å²) in [6.45, 7) is 1.42. The first-order valence-electron chi connectivity index (χ1n) is 5.60. The van der Waals surface area contributed by atoms with Gasteiger partial charge < -0.3 is 10.1 Å². The second kappa shape index (κ2) is 6.01. The Balaban J connectivity index is 2.03. The minimum absolute atomic E-state index is 0.625. The fourth-order valence-electron chi connectivity index (χ4n) is 1.67. The molecule has 1 aromatic carbocycles. The van der Waals surface area contributed by atoms with Crippen LogP contribution in [-0.4, -0.2) is 12.1 Å². The second-order valence-electron chi connectivity index (χ2n) is 3.80. The predicted octanol–water partition coefficient (Wildman–Crippen LogP) is 2.84. The molecule has 1 aromatic heterocycles. The van der Waals surface area contributed by atoms with Crippen molar-refractivity contribution < 1.29 is 4.74 Å². The summed E-state index contributed by atoms with van der Waals surface area (Å²) in [5, 5.41) is 3.41. The lowest BCUT2D eigenvalue weighted by molar-refractivity contribution is 0.185. The van der Waals surface area contributed by atoms with Crippen molar-refractivity contribution in [2.45, 2.75) is 13.2 Å². The number of aromatic nitrogens is 1. The van der Waals surface area contributed by atoms with Crippen molar-refractivity contribution in [2.24, 2.45) is 0 Å². The average molecular weight is 228 g/mol. The normalized spacial score (nSPS) is 10.2. The van der Waals surface area contributed by atoms with Gasteiger partial charge in [0.25, 0.3) is 0 Å². The third kappa shape index (κ3) is 3.29. The maximum atomic E-state index is 5.17. The SMILES string of the molecule is COCc1ccccc1NCc1ccncc1. The standard InChI is InChI=1S/C14H16N2O/c1-17-11-13-4-2-3-5-14(13)16-10-12-6-8-15-9-7-12/h2-9,16H,10-11H2,1H3. The predicted molar refractivity (Wildman–Crippen MR) is 68.7 cm³/mol. The van der Waals surface area contributed by atoms with Crippen LogP contribution < -0.4 is 5.32 Å². The van der Waals surface area contributed by atoms with Crippen LogP contribution in [0.3, 0.4) is 0 Å². The highest BCUT2D eigenvalue weighted by Gasteiger charge is 2.00. The maximum absolute atomic E-state index is 5.17. The van der Waals surface area contributed by atoms with Crippen molar-refractivity contribution >= 4 is 5.69 Å². The second-order valence-corrected chi connectivity index (χ2v) is 3.80. The van der Waals surface area contributed by atoms with Gasteiger partial charge in [0, 0.05) is 37.3 Å². The van der Waals surface area contributed by atoms with Crippen LogP contribution in [0.5, 0.6) is 0 Å². The van der Waals surface area contributed by atoms with E-state index < -0.39 is 0 Å². The molecule has 0 unspecified atom stereocenters. The van der Waals surface area contributed by atoms with Gasteiger partial charge in [0.1, 0.15) is 0 Å². The van der Waals surface area contributed by atoms with Gasteiger partial charge in [-0.05, 0) is 23.8 Å². The summed E-state index contributed by atoms with van der Waals surface area (Å²) < 4.78 is 5.17. The van der Waals surface area contributed by atoms with Gasteiger partial charge in [-0.25, -0.2) is 0 Å². The van der Waals surface area contributed by atoms with Crippen molar-refractivity contribution in [3.05, 3.63) is 59.9 Å². The van der Waals surface area contributed by atoms with Crippen molar-refractivity contribution in [3.63, 3.8) is 0 Å². The fourth-order valence-corrected chi connectivity index (χ4v) is 1.67.